The van der Waals surface area contributed by atoms with Crippen molar-refractivity contribution in [3.05, 3.63) is 29.5 Å². The van der Waals surface area contributed by atoms with Crippen LogP contribution in [0, 0.1) is 0 Å². The molecule has 2 rings (SSSR count). The summed E-state index contributed by atoms with van der Waals surface area (Å²) in [4.78, 5) is 18.5. The summed E-state index contributed by atoms with van der Waals surface area (Å²) in [7, 11) is 0. The zero-order valence-corrected chi connectivity index (χ0v) is 8.04. The molecule has 0 aliphatic heterocycles. The van der Waals surface area contributed by atoms with Gasteiger partial charge in [-0.05, 0) is 11.4 Å². The highest BCUT2D eigenvalue weighted by Crippen LogP contribution is 2.25. The molecule has 5 heteroatoms. The molecule has 0 unspecified atom stereocenters. The van der Waals surface area contributed by atoms with Crippen LogP contribution in [0.15, 0.2) is 23.8 Å². The molecule has 72 valence electrons. The van der Waals surface area contributed by atoms with E-state index in [0.29, 0.717) is 5.69 Å². The number of imidazole rings is 1. The van der Waals surface area contributed by atoms with Crippen molar-refractivity contribution >= 4 is 17.3 Å². The van der Waals surface area contributed by atoms with Gasteiger partial charge in [0.1, 0.15) is 5.69 Å². The van der Waals surface area contributed by atoms with Crippen LogP contribution in [0.5, 0.6) is 0 Å². The van der Waals surface area contributed by atoms with Crippen molar-refractivity contribution in [1.82, 2.24) is 9.97 Å². The number of aliphatic carboxylic acids is 1. The van der Waals surface area contributed by atoms with Gasteiger partial charge in [-0.25, -0.2) is 4.98 Å². The quantitative estimate of drug-likeness (QED) is 0.807. The zero-order valence-electron chi connectivity index (χ0n) is 7.23. The summed E-state index contributed by atoms with van der Waals surface area (Å²) in [6.45, 7) is 0. The smallest absolute Gasteiger partial charge is 0.309 e. The van der Waals surface area contributed by atoms with E-state index in [1.807, 2.05) is 17.5 Å². The fourth-order valence-corrected chi connectivity index (χ4v) is 1.98. The van der Waals surface area contributed by atoms with Gasteiger partial charge in [-0.3, -0.25) is 4.79 Å². The number of thiophene rings is 1. The summed E-state index contributed by atoms with van der Waals surface area (Å²) >= 11 is 1.55. The Morgan fingerprint density at radius 3 is 3.14 bits per heavy atom. The number of nitrogens with one attached hydrogen (secondary N) is 1. The minimum atomic E-state index is -0.855. The Bertz CT molecular complexity index is 433. The molecule has 0 saturated carbocycles. The maximum atomic E-state index is 10.5. The third kappa shape index (κ3) is 1.67. The Morgan fingerprint density at radius 1 is 1.64 bits per heavy atom. The SMILES string of the molecule is O=C(O)Cc1[nH]cnc1-c1cccs1. The van der Waals surface area contributed by atoms with E-state index in [4.69, 9.17) is 5.11 Å². The number of rotatable bonds is 3. The Morgan fingerprint density at radius 2 is 2.50 bits per heavy atom. The minimum Gasteiger partial charge on any atom is -0.481 e. The summed E-state index contributed by atoms with van der Waals surface area (Å²) in [5.41, 5.74) is 1.39. The first-order chi connectivity index (χ1) is 6.77. The molecule has 0 aliphatic rings. The van der Waals surface area contributed by atoms with Crippen molar-refractivity contribution in [3.8, 4) is 10.6 Å². The van der Waals surface area contributed by atoms with E-state index >= 15 is 0 Å². The number of nitrogens with zero attached hydrogens (tertiary/aromatic N) is 1. The van der Waals surface area contributed by atoms with Gasteiger partial charge in [0.05, 0.1) is 23.3 Å². The zero-order chi connectivity index (χ0) is 9.97. The number of H-pyrrole nitrogens is 1. The number of hydrogen-bond donors (Lipinski definition) is 2. The predicted molar refractivity (Wildman–Crippen MR) is 53.2 cm³/mol. The van der Waals surface area contributed by atoms with Crippen LogP contribution in [0.2, 0.25) is 0 Å². The first kappa shape index (κ1) is 8.96. The molecule has 0 spiro atoms. The van der Waals surface area contributed by atoms with Crippen LogP contribution < -0.4 is 0 Å². The highest BCUT2D eigenvalue weighted by atomic mass is 32.1. The fraction of sp³-hybridized carbons (Fsp3) is 0.111. The number of hydrogen-bond acceptors (Lipinski definition) is 3. The third-order valence-electron chi connectivity index (χ3n) is 1.80. The minimum absolute atomic E-state index is 0.0206. The predicted octanol–water partition coefficient (Wildman–Crippen LogP) is 1.77. The van der Waals surface area contributed by atoms with E-state index in [1.54, 1.807) is 11.3 Å². The van der Waals surface area contributed by atoms with Gasteiger partial charge in [-0.2, -0.15) is 0 Å². The Balaban J connectivity index is 2.35. The topological polar surface area (TPSA) is 66.0 Å². The van der Waals surface area contributed by atoms with Crippen molar-refractivity contribution in [1.29, 1.82) is 0 Å². The molecule has 2 N–H and O–H groups in total. The van der Waals surface area contributed by atoms with Crippen molar-refractivity contribution in [2.24, 2.45) is 0 Å². The molecule has 2 aromatic rings. The van der Waals surface area contributed by atoms with Gasteiger partial charge in [0.15, 0.2) is 0 Å². The van der Waals surface area contributed by atoms with Crippen LogP contribution in [0.4, 0.5) is 0 Å². The van der Waals surface area contributed by atoms with Gasteiger partial charge >= 0.3 is 5.97 Å². The molecule has 0 bridgehead atoms. The summed E-state index contributed by atoms with van der Waals surface area (Å²) in [6.07, 6.45) is 1.50. The van der Waals surface area contributed by atoms with E-state index in [2.05, 4.69) is 9.97 Å². The molecule has 0 aliphatic carbocycles. The van der Waals surface area contributed by atoms with Gasteiger partial charge < -0.3 is 10.1 Å². The van der Waals surface area contributed by atoms with E-state index in [-0.39, 0.29) is 6.42 Å². The maximum absolute atomic E-state index is 10.5. The summed E-state index contributed by atoms with van der Waals surface area (Å²) in [6, 6.07) is 3.84. The number of carbonyl (C=O) groups is 1. The van der Waals surface area contributed by atoms with Gasteiger partial charge in [-0.1, -0.05) is 6.07 Å². The largest absolute Gasteiger partial charge is 0.481 e. The van der Waals surface area contributed by atoms with E-state index < -0.39 is 5.97 Å². The number of carboxylic acid groups (broad SMARTS) is 1. The molecular formula is C9H8N2O2S. The summed E-state index contributed by atoms with van der Waals surface area (Å²) < 4.78 is 0. The Hall–Kier alpha value is -1.62. The molecule has 0 saturated heterocycles. The van der Waals surface area contributed by atoms with Crippen molar-refractivity contribution < 1.29 is 9.90 Å². The van der Waals surface area contributed by atoms with Gasteiger partial charge in [-0.15, -0.1) is 11.3 Å². The van der Waals surface area contributed by atoms with E-state index in [0.717, 1.165) is 10.6 Å². The molecule has 0 fully saturated rings. The maximum Gasteiger partial charge on any atom is 0.309 e. The Labute approximate surface area is 84.2 Å². The van der Waals surface area contributed by atoms with Crippen molar-refractivity contribution in [2.45, 2.75) is 6.42 Å². The molecular weight excluding hydrogens is 200 g/mol. The highest BCUT2D eigenvalue weighted by Gasteiger charge is 2.11. The van der Waals surface area contributed by atoms with Gasteiger partial charge in [0, 0.05) is 0 Å². The van der Waals surface area contributed by atoms with E-state index in [9.17, 15) is 4.79 Å². The molecule has 14 heavy (non-hydrogen) atoms. The molecule has 4 nitrogen and oxygen atoms in total. The lowest BCUT2D eigenvalue weighted by Gasteiger charge is -1.95. The second-order valence-electron chi connectivity index (χ2n) is 2.78. The van der Waals surface area contributed by atoms with Crippen LogP contribution in [-0.4, -0.2) is 21.0 Å². The lowest BCUT2D eigenvalue weighted by Crippen LogP contribution is -2.01. The fourth-order valence-electron chi connectivity index (χ4n) is 1.23. The van der Waals surface area contributed by atoms with Crippen LogP contribution >= 0.6 is 11.3 Å². The molecule has 0 amide bonds. The standard InChI is InChI=1S/C9H8N2O2S/c12-8(13)4-6-9(11-5-10-6)7-2-1-3-14-7/h1-3,5H,4H2,(H,10,11)(H,12,13). The van der Waals surface area contributed by atoms with E-state index in [1.165, 1.54) is 6.33 Å². The van der Waals surface area contributed by atoms with Gasteiger partial charge in [0.2, 0.25) is 0 Å². The second kappa shape index (κ2) is 3.63. The Kier molecular flexibility index (Phi) is 2.32. The van der Waals surface area contributed by atoms with Crippen LogP contribution in [0.25, 0.3) is 10.6 Å². The molecule has 2 aromatic heterocycles. The van der Waals surface area contributed by atoms with Crippen LogP contribution in [0.1, 0.15) is 5.69 Å². The molecule has 0 aromatic carbocycles. The van der Waals surface area contributed by atoms with Crippen LogP contribution in [-0.2, 0) is 11.2 Å². The highest BCUT2D eigenvalue weighted by molar-refractivity contribution is 7.13. The molecule has 0 radical (unpaired) electrons. The average Bonchev–Trinajstić information content (AvgIpc) is 2.70. The molecule has 0 atom stereocenters. The first-order valence-electron chi connectivity index (χ1n) is 4.05. The monoisotopic (exact) mass is 208 g/mol. The third-order valence-corrected chi connectivity index (χ3v) is 2.68. The first-order valence-corrected chi connectivity index (χ1v) is 4.93. The summed E-state index contributed by atoms with van der Waals surface area (Å²) in [5, 5.41) is 10.6. The average molecular weight is 208 g/mol. The van der Waals surface area contributed by atoms with Crippen molar-refractivity contribution in [2.75, 3.05) is 0 Å². The number of aromatic nitrogens is 2. The molecule has 2 heterocycles. The van der Waals surface area contributed by atoms with Gasteiger partial charge in [0.25, 0.3) is 0 Å². The lowest BCUT2D eigenvalue weighted by molar-refractivity contribution is -0.136. The van der Waals surface area contributed by atoms with Crippen LogP contribution in [0.3, 0.4) is 0 Å². The normalized spacial score (nSPS) is 10.3. The number of carboxylic acids is 1. The number of aromatic amines is 1. The van der Waals surface area contributed by atoms with Crippen molar-refractivity contribution in [3.63, 3.8) is 0 Å². The lowest BCUT2D eigenvalue weighted by atomic mass is 10.2. The summed E-state index contributed by atoms with van der Waals surface area (Å²) in [5.74, 6) is -0.855. The second-order valence-corrected chi connectivity index (χ2v) is 3.73.